The number of nitrogens with zero attached hydrogens (tertiary/aromatic N) is 4. The molecule has 3 aromatic rings. The average Bonchev–Trinajstić information content (AvgIpc) is 3.11. The molecule has 1 amide bonds. The van der Waals surface area contributed by atoms with Crippen molar-refractivity contribution in [3.63, 3.8) is 0 Å². The number of nitrogens with one attached hydrogen (secondary N) is 1. The Balaban J connectivity index is 1.93. The van der Waals surface area contributed by atoms with Crippen molar-refractivity contribution in [1.29, 1.82) is 0 Å². The first-order chi connectivity index (χ1) is 13.5. The SMILES string of the molecule is CCCCn1nc(C(=O)N[C@H](c2ccccc2F)c2nccn2C)ccc1=O. The van der Waals surface area contributed by atoms with Crippen LogP contribution in [0.25, 0.3) is 0 Å². The molecule has 3 rings (SSSR count). The standard InChI is InChI=1S/C20H22FN5O2/c1-3-4-12-26-17(27)10-9-16(24-26)20(28)23-18(19-22-11-13-25(19)2)14-7-5-6-8-15(14)21/h5-11,13,18H,3-4,12H2,1-2H3,(H,23,28)/t18-/m1/s1. The fourth-order valence-corrected chi connectivity index (χ4v) is 2.89. The van der Waals surface area contributed by atoms with E-state index in [-0.39, 0.29) is 11.3 Å². The number of unbranched alkanes of at least 4 members (excludes halogenated alkanes) is 1. The molecule has 28 heavy (non-hydrogen) atoms. The molecule has 0 bridgehead atoms. The highest BCUT2D eigenvalue weighted by molar-refractivity contribution is 5.92. The van der Waals surface area contributed by atoms with E-state index in [0.29, 0.717) is 17.9 Å². The highest BCUT2D eigenvalue weighted by Crippen LogP contribution is 2.23. The van der Waals surface area contributed by atoms with Crippen molar-refractivity contribution >= 4 is 5.91 Å². The van der Waals surface area contributed by atoms with Gasteiger partial charge in [0, 0.05) is 37.6 Å². The minimum absolute atomic E-state index is 0.0891. The van der Waals surface area contributed by atoms with Gasteiger partial charge in [-0.3, -0.25) is 9.59 Å². The number of rotatable bonds is 7. The second-order valence-electron chi connectivity index (χ2n) is 6.46. The zero-order valence-corrected chi connectivity index (χ0v) is 15.8. The van der Waals surface area contributed by atoms with Gasteiger partial charge in [0.1, 0.15) is 23.4 Å². The number of hydrogen-bond donors (Lipinski definition) is 1. The van der Waals surface area contributed by atoms with Gasteiger partial charge >= 0.3 is 0 Å². The number of carbonyl (C=O) groups excluding carboxylic acids is 1. The van der Waals surface area contributed by atoms with E-state index in [9.17, 15) is 14.0 Å². The Kier molecular flexibility index (Phi) is 5.98. The quantitative estimate of drug-likeness (QED) is 0.679. The fourth-order valence-electron chi connectivity index (χ4n) is 2.89. The Morgan fingerprint density at radius 1 is 1.25 bits per heavy atom. The number of benzene rings is 1. The first kappa shape index (κ1) is 19.5. The third kappa shape index (κ3) is 4.16. The van der Waals surface area contributed by atoms with Crippen molar-refractivity contribution in [1.82, 2.24) is 24.6 Å². The first-order valence-corrected chi connectivity index (χ1v) is 9.12. The van der Waals surface area contributed by atoms with Gasteiger partial charge in [-0.05, 0) is 18.6 Å². The lowest BCUT2D eigenvalue weighted by Gasteiger charge is -2.19. The van der Waals surface area contributed by atoms with Crippen LogP contribution in [0.2, 0.25) is 0 Å². The monoisotopic (exact) mass is 383 g/mol. The summed E-state index contributed by atoms with van der Waals surface area (Å²) in [5, 5.41) is 6.95. The summed E-state index contributed by atoms with van der Waals surface area (Å²) in [5.41, 5.74) is 0.121. The van der Waals surface area contributed by atoms with Gasteiger partial charge in [0.05, 0.1) is 0 Å². The molecule has 2 heterocycles. The molecule has 146 valence electrons. The first-order valence-electron chi connectivity index (χ1n) is 9.12. The van der Waals surface area contributed by atoms with Crippen molar-refractivity contribution in [3.8, 4) is 0 Å². The van der Waals surface area contributed by atoms with Crippen molar-refractivity contribution in [2.45, 2.75) is 32.4 Å². The largest absolute Gasteiger partial charge is 0.336 e. The summed E-state index contributed by atoms with van der Waals surface area (Å²) in [6, 6.07) is 8.11. The van der Waals surface area contributed by atoms with Gasteiger partial charge in [-0.15, -0.1) is 0 Å². The lowest BCUT2D eigenvalue weighted by molar-refractivity contribution is 0.0933. The van der Waals surface area contributed by atoms with Crippen molar-refractivity contribution in [2.24, 2.45) is 7.05 Å². The predicted molar refractivity (Wildman–Crippen MR) is 102 cm³/mol. The minimum atomic E-state index is -0.800. The van der Waals surface area contributed by atoms with E-state index in [2.05, 4.69) is 15.4 Å². The Hall–Kier alpha value is -3.29. The fraction of sp³-hybridized carbons (Fsp3) is 0.300. The van der Waals surface area contributed by atoms with Gasteiger partial charge in [0.25, 0.3) is 11.5 Å². The maximum atomic E-state index is 14.4. The highest BCUT2D eigenvalue weighted by Gasteiger charge is 2.24. The zero-order chi connectivity index (χ0) is 20.1. The van der Waals surface area contributed by atoms with Crippen molar-refractivity contribution in [3.05, 3.63) is 82.0 Å². The molecule has 0 aliphatic carbocycles. The smallest absolute Gasteiger partial charge is 0.272 e. The average molecular weight is 383 g/mol. The number of hydrogen-bond acceptors (Lipinski definition) is 4. The number of aryl methyl sites for hydroxylation is 2. The van der Waals surface area contributed by atoms with E-state index in [0.717, 1.165) is 12.8 Å². The maximum absolute atomic E-state index is 14.4. The Morgan fingerprint density at radius 2 is 2.04 bits per heavy atom. The molecular weight excluding hydrogens is 361 g/mol. The summed E-state index contributed by atoms with van der Waals surface area (Å²) in [5.74, 6) is -0.476. The molecule has 0 unspecified atom stereocenters. The third-order valence-electron chi connectivity index (χ3n) is 4.43. The molecule has 1 N–H and O–H groups in total. The lowest BCUT2D eigenvalue weighted by Crippen LogP contribution is -2.34. The predicted octanol–water partition coefficient (Wildman–Crippen LogP) is 2.44. The number of carbonyl (C=O) groups is 1. The van der Waals surface area contributed by atoms with E-state index in [1.165, 1.54) is 22.9 Å². The minimum Gasteiger partial charge on any atom is -0.336 e. The number of aromatic nitrogens is 4. The van der Waals surface area contributed by atoms with E-state index in [1.807, 2.05) is 6.92 Å². The summed E-state index contributed by atoms with van der Waals surface area (Å²) in [7, 11) is 1.77. The van der Waals surface area contributed by atoms with E-state index < -0.39 is 17.8 Å². The Bertz CT molecular complexity index is 1030. The van der Waals surface area contributed by atoms with Crippen LogP contribution in [-0.4, -0.2) is 25.2 Å². The van der Waals surface area contributed by atoms with Crippen LogP contribution in [0.4, 0.5) is 4.39 Å². The van der Waals surface area contributed by atoms with Crippen LogP contribution in [0.5, 0.6) is 0 Å². The molecule has 0 spiro atoms. The van der Waals surface area contributed by atoms with Gasteiger partial charge in [-0.25, -0.2) is 14.1 Å². The lowest BCUT2D eigenvalue weighted by atomic mass is 10.1. The highest BCUT2D eigenvalue weighted by atomic mass is 19.1. The van der Waals surface area contributed by atoms with Crippen LogP contribution >= 0.6 is 0 Å². The zero-order valence-electron chi connectivity index (χ0n) is 15.8. The number of imidazole rings is 1. The number of halogens is 1. The molecule has 0 fully saturated rings. The maximum Gasteiger partial charge on any atom is 0.272 e. The molecule has 0 saturated heterocycles. The van der Waals surface area contributed by atoms with Gasteiger partial charge in [-0.1, -0.05) is 31.5 Å². The Morgan fingerprint density at radius 3 is 2.71 bits per heavy atom. The second kappa shape index (κ2) is 8.60. The van der Waals surface area contributed by atoms with E-state index in [1.54, 1.807) is 42.2 Å². The Labute approximate surface area is 161 Å². The molecular formula is C20H22FN5O2. The van der Waals surface area contributed by atoms with Gasteiger partial charge in [0.2, 0.25) is 0 Å². The topological polar surface area (TPSA) is 81.8 Å². The van der Waals surface area contributed by atoms with E-state index in [4.69, 9.17) is 0 Å². The van der Waals surface area contributed by atoms with Crippen LogP contribution < -0.4 is 10.9 Å². The summed E-state index contributed by atoms with van der Waals surface area (Å²) in [6.45, 7) is 2.44. The normalized spacial score (nSPS) is 12.0. The summed E-state index contributed by atoms with van der Waals surface area (Å²) in [6.07, 6.45) is 4.99. The van der Waals surface area contributed by atoms with Crippen LogP contribution in [0.1, 0.15) is 47.7 Å². The molecule has 2 aromatic heterocycles. The molecule has 0 radical (unpaired) electrons. The van der Waals surface area contributed by atoms with E-state index >= 15 is 0 Å². The van der Waals surface area contributed by atoms with Gasteiger partial charge in [-0.2, -0.15) is 5.10 Å². The van der Waals surface area contributed by atoms with Crippen LogP contribution in [0.3, 0.4) is 0 Å². The van der Waals surface area contributed by atoms with Crippen LogP contribution in [0, 0.1) is 5.82 Å². The molecule has 1 atom stereocenters. The molecule has 8 heteroatoms. The van der Waals surface area contributed by atoms with Crippen molar-refractivity contribution in [2.75, 3.05) is 0 Å². The molecule has 7 nitrogen and oxygen atoms in total. The summed E-state index contributed by atoms with van der Waals surface area (Å²) < 4.78 is 17.4. The molecule has 1 aromatic carbocycles. The number of amides is 1. The third-order valence-corrected chi connectivity index (χ3v) is 4.43. The van der Waals surface area contributed by atoms with Gasteiger partial charge < -0.3 is 9.88 Å². The van der Waals surface area contributed by atoms with Crippen LogP contribution in [-0.2, 0) is 13.6 Å². The molecule has 0 saturated carbocycles. The molecule has 0 aliphatic heterocycles. The van der Waals surface area contributed by atoms with Crippen LogP contribution in [0.15, 0.2) is 53.6 Å². The van der Waals surface area contributed by atoms with Crippen molar-refractivity contribution < 1.29 is 9.18 Å². The summed E-state index contributed by atoms with van der Waals surface area (Å²) >= 11 is 0. The molecule has 0 aliphatic rings. The second-order valence-corrected chi connectivity index (χ2v) is 6.46. The van der Waals surface area contributed by atoms with Gasteiger partial charge in [0.15, 0.2) is 0 Å². The summed E-state index contributed by atoms with van der Waals surface area (Å²) in [4.78, 5) is 29.0.